The van der Waals surface area contributed by atoms with Gasteiger partial charge < -0.3 is 55.9 Å². The molecule has 0 saturated carbocycles. The van der Waals surface area contributed by atoms with Gasteiger partial charge in [0.2, 0.25) is 24.0 Å². The zero-order valence-corrected chi connectivity index (χ0v) is 26.6. The number of amides is 2. The molecule has 15 nitrogen and oxygen atoms in total. The molecule has 0 radical (unpaired) electrons. The van der Waals surface area contributed by atoms with Crippen molar-refractivity contribution < 1.29 is 54.8 Å². The third kappa shape index (κ3) is 9.01. The maximum absolute atomic E-state index is 12.7. The van der Waals surface area contributed by atoms with Gasteiger partial charge in [0.1, 0.15) is 35.5 Å². The normalized spacial score (nSPS) is 22.1. The molecule has 1 aromatic carbocycles. The van der Waals surface area contributed by atoms with E-state index in [1.165, 1.54) is 13.8 Å². The van der Waals surface area contributed by atoms with Gasteiger partial charge in [0.25, 0.3) is 0 Å². The first-order valence-corrected chi connectivity index (χ1v) is 15.3. The first-order chi connectivity index (χ1) is 21.7. The lowest BCUT2D eigenvalue weighted by Gasteiger charge is -2.39. The average Bonchev–Trinajstić information content (AvgIpc) is 3.42. The lowest BCUT2D eigenvalue weighted by Crippen LogP contribution is -2.64. The fourth-order valence-electron chi connectivity index (χ4n) is 5.00. The maximum Gasteiger partial charge on any atom is 0.245 e. The van der Waals surface area contributed by atoms with Gasteiger partial charge in [0.05, 0.1) is 26.4 Å². The Balaban J connectivity index is 1.59. The van der Waals surface area contributed by atoms with Gasteiger partial charge in [-0.25, -0.2) is 0 Å². The van der Waals surface area contributed by atoms with E-state index in [0.29, 0.717) is 19.3 Å². The number of nitrogens with zero attached hydrogens (tertiary/aromatic N) is 1. The predicted octanol–water partition coefficient (Wildman–Crippen LogP) is -1.65. The SMILES string of the molecule is CC(C)c1[nH]nc(O[C@@H]2O[C@H](CO)[C@@H](O)[C@H](O)[C@H]2O)c1Cc1ccc(CCCC(=O)NC(C)(C)C(=O)NC(CO)(CO)CO)cc1. The number of hydrogen-bond acceptors (Lipinski definition) is 12. The number of aromatic amines is 1. The number of carbonyl (C=O) groups is 2. The Bertz CT molecular complexity index is 1270. The zero-order valence-electron chi connectivity index (χ0n) is 26.6. The fraction of sp³-hybridized carbons (Fsp3) is 0.645. The van der Waals surface area contributed by atoms with Crippen molar-refractivity contribution in [3.05, 3.63) is 46.6 Å². The molecular formula is C31H48N4O11. The molecule has 258 valence electrons. The number of hydrogen-bond donors (Lipinski definition) is 10. The lowest BCUT2D eigenvalue weighted by atomic mass is 9.97. The quantitative estimate of drug-likeness (QED) is 0.0980. The topological polar surface area (TPSA) is 247 Å². The second-order valence-corrected chi connectivity index (χ2v) is 12.6. The summed E-state index contributed by atoms with van der Waals surface area (Å²) in [5.74, 6) is -0.798. The molecule has 2 amide bonds. The number of aromatic nitrogens is 2. The lowest BCUT2D eigenvalue weighted by molar-refractivity contribution is -0.278. The molecule has 15 heteroatoms. The van der Waals surface area contributed by atoms with Gasteiger partial charge in [0.15, 0.2) is 0 Å². The van der Waals surface area contributed by atoms with Crippen molar-refractivity contribution in [3.63, 3.8) is 0 Å². The van der Waals surface area contributed by atoms with Crippen molar-refractivity contribution in [2.75, 3.05) is 26.4 Å². The van der Waals surface area contributed by atoms with E-state index in [0.717, 1.165) is 22.4 Å². The van der Waals surface area contributed by atoms with E-state index in [-0.39, 0.29) is 24.1 Å². The van der Waals surface area contributed by atoms with Crippen molar-refractivity contribution in [2.24, 2.45) is 0 Å². The fourth-order valence-corrected chi connectivity index (χ4v) is 5.00. The molecule has 46 heavy (non-hydrogen) atoms. The molecule has 1 aliphatic heterocycles. The van der Waals surface area contributed by atoms with Crippen LogP contribution in [-0.4, -0.2) is 126 Å². The van der Waals surface area contributed by atoms with Gasteiger partial charge in [-0.05, 0) is 43.7 Å². The molecule has 1 aromatic heterocycles. The van der Waals surface area contributed by atoms with Crippen LogP contribution in [0, 0.1) is 0 Å². The van der Waals surface area contributed by atoms with Crippen molar-refractivity contribution in [1.29, 1.82) is 0 Å². The summed E-state index contributed by atoms with van der Waals surface area (Å²) in [4.78, 5) is 25.2. The summed E-state index contributed by atoms with van der Waals surface area (Å²) >= 11 is 0. The minimum atomic E-state index is -1.60. The van der Waals surface area contributed by atoms with Crippen LogP contribution in [0.25, 0.3) is 0 Å². The second-order valence-electron chi connectivity index (χ2n) is 12.6. The van der Waals surface area contributed by atoms with E-state index in [1.54, 1.807) is 0 Å². The Labute approximate surface area is 267 Å². The Morgan fingerprint density at radius 1 is 0.957 bits per heavy atom. The number of ether oxygens (including phenoxy) is 2. The van der Waals surface area contributed by atoms with E-state index < -0.39 is 74.1 Å². The third-order valence-electron chi connectivity index (χ3n) is 8.09. The summed E-state index contributed by atoms with van der Waals surface area (Å²) in [5, 5.41) is 80.8. The average molecular weight is 653 g/mol. The number of benzene rings is 1. The van der Waals surface area contributed by atoms with Crippen LogP contribution in [0.3, 0.4) is 0 Å². The second kappa shape index (κ2) is 16.1. The molecule has 2 aromatic rings. The van der Waals surface area contributed by atoms with E-state index in [9.17, 15) is 45.3 Å². The van der Waals surface area contributed by atoms with Gasteiger partial charge in [0, 0.05) is 24.1 Å². The largest absolute Gasteiger partial charge is 0.443 e. The first kappa shape index (κ1) is 37.3. The van der Waals surface area contributed by atoms with Gasteiger partial charge in [-0.15, -0.1) is 5.10 Å². The molecule has 1 aliphatic rings. The summed E-state index contributed by atoms with van der Waals surface area (Å²) in [5.41, 5.74) is 0.495. The monoisotopic (exact) mass is 652 g/mol. The van der Waals surface area contributed by atoms with Crippen molar-refractivity contribution in [2.45, 2.75) is 101 Å². The van der Waals surface area contributed by atoms with Crippen LogP contribution in [0.2, 0.25) is 0 Å². The minimum absolute atomic E-state index is 0.0534. The van der Waals surface area contributed by atoms with Crippen LogP contribution in [-0.2, 0) is 27.2 Å². The number of carbonyl (C=O) groups excluding carboxylic acids is 2. The van der Waals surface area contributed by atoms with Crippen LogP contribution < -0.4 is 15.4 Å². The first-order valence-electron chi connectivity index (χ1n) is 15.3. The highest BCUT2D eigenvalue weighted by Gasteiger charge is 2.45. The van der Waals surface area contributed by atoms with E-state index in [2.05, 4.69) is 20.8 Å². The zero-order chi connectivity index (χ0) is 34.2. The van der Waals surface area contributed by atoms with E-state index in [1.807, 2.05) is 38.1 Å². The highest BCUT2D eigenvalue weighted by Crippen LogP contribution is 2.31. The number of aryl methyl sites for hydroxylation is 1. The van der Waals surface area contributed by atoms with Crippen LogP contribution in [0.15, 0.2) is 24.3 Å². The predicted molar refractivity (Wildman–Crippen MR) is 164 cm³/mol. The molecule has 5 atom stereocenters. The Morgan fingerprint density at radius 3 is 2.13 bits per heavy atom. The summed E-state index contributed by atoms with van der Waals surface area (Å²) in [7, 11) is 0. The Kier molecular flexibility index (Phi) is 13.1. The molecule has 1 fully saturated rings. The van der Waals surface area contributed by atoms with Crippen LogP contribution >= 0.6 is 0 Å². The van der Waals surface area contributed by atoms with Crippen molar-refractivity contribution in [3.8, 4) is 5.88 Å². The number of aliphatic hydroxyl groups excluding tert-OH is 7. The molecule has 0 bridgehead atoms. The molecule has 2 heterocycles. The van der Waals surface area contributed by atoms with Gasteiger partial charge >= 0.3 is 0 Å². The smallest absolute Gasteiger partial charge is 0.245 e. The maximum atomic E-state index is 12.7. The molecule has 0 spiro atoms. The third-order valence-corrected chi connectivity index (χ3v) is 8.09. The summed E-state index contributed by atoms with van der Waals surface area (Å²) in [6, 6.07) is 7.76. The number of rotatable bonds is 16. The van der Waals surface area contributed by atoms with E-state index >= 15 is 0 Å². The van der Waals surface area contributed by atoms with Gasteiger partial charge in [-0.2, -0.15) is 0 Å². The molecule has 0 unspecified atom stereocenters. The summed E-state index contributed by atoms with van der Waals surface area (Å²) < 4.78 is 11.3. The summed E-state index contributed by atoms with van der Waals surface area (Å²) in [6.07, 6.45) is -5.47. The summed E-state index contributed by atoms with van der Waals surface area (Å²) in [6.45, 7) is 4.33. The molecule has 10 N–H and O–H groups in total. The number of aliphatic hydroxyl groups is 7. The Hall–Kier alpha value is -3.15. The molecule has 3 rings (SSSR count). The highest BCUT2D eigenvalue weighted by molar-refractivity contribution is 5.91. The van der Waals surface area contributed by atoms with Crippen molar-refractivity contribution in [1.82, 2.24) is 20.8 Å². The highest BCUT2D eigenvalue weighted by atomic mass is 16.7. The molecular weight excluding hydrogens is 604 g/mol. The molecule has 1 saturated heterocycles. The van der Waals surface area contributed by atoms with Crippen LogP contribution in [0.4, 0.5) is 0 Å². The van der Waals surface area contributed by atoms with Crippen LogP contribution in [0.1, 0.15) is 68.8 Å². The van der Waals surface area contributed by atoms with Gasteiger partial charge in [-0.3, -0.25) is 14.7 Å². The minimum Gasteiger partial charge on any atom is -0.443 e. The Morgan fingerprint density at radius 2 is 1.57 bits per heavy atom. The number of H-pyrrole nitrogens is 1. The van der Waals surface area contributed by atoms with Crippen LogP contribution in [0.5, 0.6) is 5.88 Å². The van der Waals surface area contributed by atoms with Crippen molar-refractivity contribution >= 4 is 11.8 Å². The number of nitrogens with one attached hydrogen (secondary N) is 3. The van der Waals surface area contributed by atoms with Gasteiger partial charge in [-0.1, -0.05) is 38.1 Å². The standard InChI is InChI=1S/C31H48N4O11/c1-17(2)23-20(27(35-34-23)46-28-26(43)25(42)24(41)21(13-36)45-28)12-19-10-8-18(9-11-19)6-5-7-22(40)32-30(3,4)29(44)33-31(14-37,15-38)16-39/h8-11,17,21,24-26,28,36-39,41-43H,5-7,12-16H2,1-4H3,(H,32,40)(H,33,44)(H,34,35)/t21-,24-,25+,26-,28+/m1/s1. The molecule has 0 aliphatic carbocycles. The van der Waals surface area contributed by atoms with E-state index in [4.69, 9.17) is 9.47 Å².